The van der Waals surface area contributed by atoms with Crippen LogP contribution in [0.3, 0.4) is 0 Å². The quantitative estimate of drug-likeness (QED) is 0.505. The van der Waals surface area contributed by atoms with Gasteiger partial charge in [-0.1, -0.05) is 24.3 Å². The van der Waals surface area contributed by atoms with Crippen molar-refractivity contribution in [2.45, 2.75) is 52.2 Å². The summed E-state index contributed by atoms with van der Waals surface area (Å²) < 4.78 is 0. The summed E-state index contributed by atoms with van der Waals surface area (Å²) in [7, 11) is 0. The molecule has 2 N–H and O–H groups in total. The highest BCUT2D eigenvalue weighted by molar-refractivity contribution is 5.79. The summed E-state index contributed by atoms with van der Waals surface area (Å²) >= 11 is 0. The second-order valence-electron chi connectivity index (χ2n) is 8.56. The number of benzene rings is 1. The highest BCUT2D eigenvalue weighted by Gasteiger charge is 2.14. The number of nitrogens with zero attached hydrogens (tertiary/aromatic N) is 4. The molecule has 4 rings (SSSR count). The molecule has 2 aliphatic heterocycles. The summed E-state index contributed by atoms with van der Waals surface area (Å²) in [6.45, 7) is 10.1. The van der Waals surface area contributed by atoms with E-state index in [1.807, 2.05) is 6.20 Å². The molecule has 1 aromatic carbocycles. The first kappa shape index (κ1) is 21.6. The van der Waals surface area contributed by atoms with Gasteiger partial charge in [-0.15, -0.1) is 0 Å². The number of hydrogen-bond donors (Lipinski definition) is 2. The topological polar surface area (TPSA) is 55.8 Å². The lowest BCUT2D eigenvalue weighted by atomic mass is 10.1. The minimum absolute atomic E-state index is 0.646. The predicted octanol–water partition coefficient (Wildman–Crippen LogP) is 3.53. The Morgan fingerprint density at radius 1 is 0.903 bits per heavy atom. The third-order valence-electron chi connectivity index (χ3n) is 6.09. The van der Waals surface area contributed by atoms with E-state index in [1.54, 1.807) is 0 Å². The van der Waals surface area contributed by atoms with E-state index in [0.717, 1.165) is 44.5 Å². The van der Waals surface area contributed by atoms with Gasteiger partial charge < -0.3 is 15.5 Å². The SMILES string of the molecule is CCNC(=NCc1ccnc(N2CCCC2)c1)NCc1ccc(CN2CCCC2)cc1. The Kier molecular flexibility index (Phi) is 7.77. The Labute approximate surface area is 186 Å². The summed E-state index contributed by atoms with van der Waals surface area (Å²) in [5, 5.41) is 6.83. The zero-order valence-electron chi connectivity index (χ0n) is 18.8. The van der Waals surface area contributed by atoms with Crippen LogP contribution < -0.4 is 15.5 Å². The maximum Gasteiger partial charge on any atom is 0.191 e. The van der Waals surface area contributed by atoms with Gasteiger partial charge in [-0.25, -0.2) is 9.98 Å². The molecule has 0 atom stereocenters. The van der Waals surface area contributed by atoms with E-state index < -0.39 is 0 Å². The molecule has 2 aliphatic rings. The number of hydrogen-bond acceptors (Lipinski definition) is 4. The predicted molar refractivity (Wildman–Crippen MR) is 128 cm³/mol. The molecular formula is C25H36N6. The lowest BCUT2D eigenvalue weighted by Crippen LogP contribution is -2.36. The smallest absolute Gasteiger partial charge is 0.191 e. The van der Waals surface area contributed by atoms with Crippen molar-refractivity contribution in [1.29, 1.82) is 0 Å². The van der Waals surface area contributed by atoms with E-state index in [4.69, 9.17) is 4.99 Å². The van der Waals surface area contributed by atoms with Crippen LogP contribution in [0.2, 0.25) is 0 Å². The van der Waals surface area contributed by atoms with E-state index in [1.165, 1.54) is 55.5 Å². The number of pyridine rings is 1. The first-order valence-corrected chi connectivity index (χ1v) is 11.8. The largest absolute Gasteiger partial charge is 0.357 e. The fourth-order valence-corrected chi connectivity index (χ4v) is 4.34. The van der Waals surface area contributed by atoms with Gasteiger partial charge in [-0.2, -0.15) is 0 Å². The summed E-state index contributed by atoms with van der Waals surface area (Å²) in [4.78, 5) is 14.2. The molecule has 0 bridgehead atoms. The average Bonchev–Trinajstić information content (AvgIpc) is 3.51. The zero-order valence-corrected chi connectivity index (χ0v) is 18.8. The second kappa shape index (κ2) is 11.1. The monoisotopic (exact) mass is 420 g/mol. The van der Waals surface area contributed by atoms with Crippen LogP contribution >= 0.6 is 0 Å². The molecule has 2 aromatic rings. The van der Waals surface area contributed by atoms with E-state index in [0.29, 0.717) is 6.54 Å². The number of guanidine groups is 1. The Morgan fingerprint density at radius 2 is 1.61 bits per heavy atom. The number of anilines is 1. The molecule has 31 heavy (non-hydrogen) atoms. The summed E-state index contributed by atoms with van der Waals surface area (Å²) in [5.74, 6) is 1.93. The van der Waals surface area contributed by atoms with Gasteiger partial charge in [0.1, 0.15) is 5.82 Å². The molecule has 6 nitrogen and oxygen atoms in total. The van der Waals surface area contributed by atoms with E-state index in [2.05, 4.69) is 68.7 Å². The first-order valence-electron chi connectivity index (χ1n) is 11.8. The highest BCUT2D eigenvalue weighted by atomic mass is 15.2. The summed E-state index contributed by atoms with van der Waals surface area (Å²) in [6, 6.07) is 13.2. The summed E-state index contributed by atoms with van der Waals surface area (Å²) in [6.07, 6.45) is 7.11. The highest BCUT2D eigenvalue weighted by Crippen LogP contribution is 2.19. The number of aliphatic imine (C=N–C) groups is 1. The van der Waals surface area contributed by atoms with Crippen LogP contribution in [0.5, 0.6) is 0 Å². The first-order chi connectivity index (χ1) is 15.3. The fraction of sp³-hybridized carbons (Fsp3) is 0.520. The van der Waals surface area contributed by atoms with Gasteiger partial charge in [-0.05, 0) is 74.5 Å². The van der Waals surface area contributed by atoms with E-state index in [9.17, 15) is 0 Å². The normalized spacial score (nSPS) is 17.3. The van der Waals surface area contributed by atoms with Gasteiger partial charge in [0.05, 0.1) is 6.54 Å². The summed E-state index contributed by atoms with van der Waals surface area (Å²) in [5.41, 5.74) is 3.87. The number of rotatable bonds is 8. The van der Waals surface area contributed by atoms with Crippen LogP contribution in [0.4, 0.5) is 5.82 Å². The fourth-order valence-electron chi connectivity index (χ4n) is 4.34. The molecule has 1 aromatic heterocycles. The van der Waals surface area contributed by atoms with Crippen LogP contribution in [0.15, 0.2) is 47.6 Å². The molecule has 166 valence electrons. The third kappa shape index (κ3) is 6.44. The Morgan fingerprint density at radius 3 is 2.35 bits per heavy atom. The van der Waals surface area contributed by atoms with Crippen LogP contribution in [0.25, 0.3) is 0 Å². The van der Waals surface area contributed by atoms with Gasteiger partial charge in [0.25, 0.3) is 0 Å². The Bertz CT molecular complexity index is 835. The Balaban J connectivity index is 1.31. The van der Waals surface area contributed by atoms with Crippen molar-refractivity contribution in [2.24, 2.45) is 4.99 Å². The van der Waals surface area contributed by atoms with Crippen molar-refractivity contribution in [2.75, 3.05) is 37.6 Å². The molecule has 0 unspecified atom stereocenters. The molecule has 2 fully saturated rings. The van der Waals surface area contributed by atoms with E-state index in [-0.39, 0.29) is 0 Å². The Hall–Kier alpha value is -2.60. The molecule has 6 heteroatoms. The number of likely N-dealkylation sites (tertiary alicyclic amines) is 1. The van der Waals surface area contributed by atoms with Gasteiger partial charge in [0, 0.05) is 38.9 Å². The molecule has 0 radical (unpaired) electrons. The molecule has 0 aliphatic carbocycles. The molecular weight excluding hydrogens is 384 g/mol. The van der Waals surface area contributed by atoms with Crippen molar-refractivity contribution in [3.05, 3.63) is 59.3 Å². The minimum atomic E-state index is 0.646. The second-order valence-corrected chi connectivity index (χ2v) is 8.56. The third-order valence-corrected chi connectivity index (χ3v) is 6.09. The molecule has 2 saturated heterocycles. The maximum atomic E-state index is 4.79. The van der Waals surface area contributed by atoms with Gasteiger partial charge >= 0.3 is 0 Å². The van der Waals surface area contributed by atoms with Gasteiger partial charge in [-0.3, -0.25) is 4.90 Å². The number of nitrogens with one attached hydrogen (secondary N) is 2. The van der Waals surface area contributed by atoms with Crippen molar-refractivity contribution in [3.63, 3.8) is 0 Å². The molecule has 0 spiro atoms. The van der Waals surface area contributed by atoms with E-state index >= 15 is 0 Å². The van der Waals surface area contributed by atoms with Crippen molar-refractivity contribution in [1.82, 2.24) is 20.5 Å². The zero-order chi connectivity index (χ0) is 21.3. The van der Waals surface area contributed by atoms with Crippen LogP contribution in [-0.4, -0.2) is 48.6 Å². The van der Waals surface area contributed by atoms with Crippen LogP contribution in [0, 0.1) is 0 Å². The molecule has 0 amide bonds. The van der Waals surface area contributed by atoms with Crippen molar-refractivity contribution in [3.8, 4) is 0 Å². The van der Waals surface area contributed by atoms with Gasteiger partial charge in [0.15, 0.2) is 5.96 Å². The van der Waals surface area contributed by atoms with Crippen LogP contribution in [0.1, 0.15) is 49.3 Å². The molecule has 3 heterocycles. The lowest BCUT2D eigenvalue weighted by molar-refractivity contribution is 0.331. The van der Waals surface area contributed by atoms with Crippen LogP contribution in [-0.2, 0) is 19.6 Å². The van der Waals surface area contributed by atoms with Gasteiger partial charge in [0.2, 0.25) is 0 Å². The van der Waals surface area contributed by atoms with Crippen molar-refractivity contribution < 1.29 is 0 Å². The maximum absolute atomic E-state index is 4.79. The standard InChI is InChI=1S/C25H36N6/c1-2-26-25(29-19-23-11-12-27-24(17-23)31-15-5-6-16-31)28-18-21-7-9-22(10-8-21)20-30-13-3-4-14-30/h7-12,17H,2-6,13-16,18-20H2,1H3,(H2,26,28,29). The average molecular weight is 421 g/mol. The lowest BCUT2D eigenvalue weighted by Gasteiger charge is -2.17. The minimum Gasteiger partial charge on any atom is -0.357 e. The molecule has 0 saturated carbocycles. The number of aromatic nitrogens is 1. The van der Waals surface area contributed by atoms with Crippen molar-refractivity contribution >= 4 is 11.8 Å².